The molecule has 0 atom stereocenters. The lowest BCUT2D eigenvalue weighted by atomic mass is 10.2. The van der Waals surface area contributed by atoms with Crippen molar-refractivity contribution in [3.05, 3.63) is 53.1 Å². The number of hydrogen-bond donors (Lipinski definition) is 2. The van der Waals surface area contributed by atoms with E-state index in [1.54, 1.807) is 36.4 Å². The maximum Gasteiger partial charge on any atom is 0.261 e. The summed E-state index contributed by atoms with van der Waals surface area (Å²) in [6.45, 7) is 0.348. The van der Waals surface area contributed by atoms with Gasteiger partial charge in [0.2, 0.25) is 11.8 Å². The third-order valence-corrected chi connectivity index (χ3v) is 5.49. The molecule has 1 aromatic heterocycles. The molecule has 0 radical (unpaired) electrons. The quantitative estimate of drug-likeness (QED) is 0.518. The molecule has 0 aliphatic heterocycles. The first kappa shape index (κ1) is 22.3. The second-order valence-corrected chi connectivity index (χ2v) is 7.96. The Balaban J connectivity index is 1.35. The number of aryl methyl sites for hydroxylation is 1. The predicted molar refractivity (Wildman–Crippen MR) is 125 cm³/mol. The van der Waals surface area contributed by atoms with Crippen LogP contribution in [0.25, 0.3) is 10.9 Å². The van der Waals surface area contributed by atoms with Crippen LogP contribution in [0.2, 0.25) is 0 Å². The first-order valence-electron chi connectivity index (χ1n) is 10.8. The van der Waals surface area contributed by atoms with E-state index in [2.05, 4.69) is 15.6 Å². The summed E-state index contributed by atoms with van der Waals surface area (Å²) < 4.78 is 12.0. The van der Waals surface area contributed by atoms with Crippen molar-refractivity contribution in [2.45, 2.75) is 32.2 Å². The number of nitrogens with zero attached hydrogens (tertiary/aromatic N) is 2. The highest BCUT2D eigenvalue weighted by atomic mass is 16.5. The molecule has 2 N–H and O–H groups in total. The molecular weight excluding hydrogens is 424 g/mol. The monoisotopic (exact) mass is 450 g/mol. The summed E-state index contributed by atoms with van der Waals surface area (Å²) >= 11 is 0. The van der Waals surface area contributed by atoms with Gasteiger partial charge in [-0.05, 0) is 43.5 Å². The zero-order chi connectivity index (χ0) is 23.4. The Hall–Kier alpha value is -3.88. The van der Waals surface area contributed by atoms with Crippen molar-refractivity contribution in [2.24, 2.45) is 5.92 Å². The summed E-state index contributed by atoms with van der Waals surface area (Å²) in [5.41, 5.74) is 1.57. The Labute approximate surface area is 190 Å². The van der Waals surface area contributed by atoms with Gasteiger partial charge in [0.25, 0.3) is 5.56 Å². The maximum atomic E-state index is 12.8. The summed E-state index contributed by atoms with van der Waals surface area (Å²) in [5, 5.41) is 6.12. The molecule has 1 saturated carbocycles. The molecule has 1 aliphatic carbocycles. The van der Waals surface area contributed by atoms with Gasteiger partial charge in [0.15, 0.2) is 11.5 Å². The van der Waals surface area contributed by atoms with E-state index >= 15 is 0 Å². The number of fused-ring (bicyclic) bond motifs is 1. The number of carbonyl (C=O) groups is 2. The number of ether oxygens (including phenoxy) is 2. The molecule has 0 saturated heterocycles. The average molecular weight is 450 g/mol. The van der Waals surface area contributed by atoms with Crippen LogP contribution in [0.15, 0.2) is 47.5 Å². The van der Waals surface area contributed by atoms with E-state index < -0.39 is 0 Å². The Morgan fingerprint density at radius 2 is 1.76 bits per heavy atom. The number of amides is 2. The average Bonchev–Trinajstić information content (AvgIpc) is 3.66. The van der Waals surface area contributed by atoms with E-state index in [1.165, 1.54) is 25.1 Å². The molecule has 1 heterocycles. The lowest BCUT2D eigenvalue weighted by Crippen LogP contribution is -2.22. The number of carbonyl (C=O) groups excluding carboxylic acids is 2. The second kappa shape index (κ2) is 9.72. The molecule has 3 aromatic rings. The van der Waals surface area contributed by atoms with E-state index in [9.17, 15) is 14.4 Å². The summed E-state index contributed by atoms with van der Waals surface area (Å²) in [5.74, 6) is 0.913. The Morgan fingerprint density at radius 3 is 2.45 bits per heavy atom. The van der Waals surface area contributed by atoms with Crippen LogP contribution in [0.4, 0.5) is 11.4 Å². The number of benzene rings is 2. The summed E-state index contributed by atoms with van der Waals surface area (Å²) in [7, 11) is 3.03. The van der Waals surface area contributed by atoms with Crippen LogP contribution in [0.1, 0.15) is 25.7 Å². The van der Waals surface area contributed by atoms with Crippen LogP contribution < -0.4 is 25.7 Å². The lowest BCUT2D eigenvalue weighted by molar-refractivity contribution is -0.117. The minimum Gasteiger partial charge on any atom is -0.493 e. The number of aromatic nitrogens is 2. The standard InChI is InChI=1S/C24H26N4O5/c1-32-20-12-18-19(13-21(20)33-2)25-14-28(24(18)31)10-4-7-22(29)26-16-5-3-6-17(11-16)27-23(30)15-8-9-15/h3,5-6,11-15H,4,7-10H2,1-2H3,(H,26,29)(H,27,30). The Kier molecular flexibility index (Phi) is 6.58. The van der Waals surface area contributed by atoms with Gasteiger partial charge in [-0.25, -0.2) is 4.98 Å². The van der Waals surface area contributed by atoms with E-state index in [-0.39, 0.29) is 29.7 Å². The molecular formula is C24H26N4O5. The zero-order valence-electron chi connectivity index (χ0n) is 18.6. The van der Waals surface area contributed by atoms with Crippen molar-refractivity contribution >= 4 is 34.1 Å². The Bertz CT molecular complexity index is 1250. The summed E-state index contributed by atoms with van der Waals surface area (Å²) in [6, 6.07) is 10.3. The molecule has 2 amide bonds. The molecule has 1 aliphatic rings. The SMILES string of the molecule is COc1cc2ncn(CCCC(=O)Nc3cccc(NC(=O)C4CC4)c3)c(=O)c2cc1OC. The zero-order valence-corrected chi connectivity index (χ0v) is 18.6. The fourth-order valence-corrected chi connectivity index (χ4v) is 3.54. The fraction of sp³-hybridized carbons (Fsp3) is 0.333. The van der Waals surface area contributed by atoms with Crippen LogP contribution >= 0.6 is 0 Å². The first-order chi connectivity index (χ1) is 16.0. The van der Waals surface area contributed by atoms with Gasteiger partial charge in [0.05, 0.1) is 31.4 Å². The van der Waals surface area contributed by atoms with Crippen molar-refractivity contribution in [2.75, 3.05) is 24.9 Å². The molecule has 0 bridgehead atoms. The minimum absolute atomic E-state index is 0.0176. The van der Waals surface area contributed by atoms with Crippen LogP contribution in [0, 0.1) is 5.92 Å². The maximum absolute atomic E-state index is 12.8. The van der Waals surface area contributed by atoms with Crippen molar-refractivity contribution in [1.29, 1.82) is 0 Å². The third kappa shape index (κ3) is 5.31. The molecule has 2 aromatic carbocycles. The van der Waals surface area contributed by atoms with Crippen LogP contribution in [-0.4, -0.2) is 35.6 Å². The molecule has 9 heteroatoms. The summed E-state index contributed by atoms with van der Waals surface area (Å²) in [6.07, 6.45) is 4.03. The van der Waals surface area contributed by atoms with Gasteiger partial charge in [-0.2, -0.15) is 0 Å². The van der Waals surface area contributed by atoms with E-state index in [0.29, 0.717) is 46.7 Å². The van der Waals surface area contributed by atoms with Crippen molar-refractivity contribution in [3.63, 3.8) is 0 Å². The van der Waals surface area contributed by atoms with Gasteiger partial charge in [-0.1, -0.05) is 6.07 Å². The molecule has 0 spiro atoms. The predicted octanol–water partition coefficient (Wildman–Crippen LogP) is 3.18. The van der Waals surface area contributed by atoms with E-state index in [0.717, 1.165) is 12.8 Å². The molecule has 4 rings (SSSR count). The van der Waals surface area contributed by atoms with Gasteiger partial charge in [-0.3, -0.25) is 19.0 Å². The summed E-state index contributed by atoms with van der Waals surface area (Å²) in [4.78, 5) is 41.5. The minimum atomic E-state index is -0.208. The molecule has 9 nitrogen and oxygen atoms in total. The van der Waals surface area contributed by atoms with Gasteiger partial charge < -0.3 is 20.1 Å². The van der Waals surface area contributed by atoms with Crippen LogP contribution in [0.5, 0.6) is 11.5 Å². The highest BCUT2D eigenvalue weighted by molar-refractivity contribution is 5.96. The van der Waals surface area contributed by atoms with Gasteiger partial charge in [-0.15, -0.1) is 0 Å². The topological polar surface area (TPSA) is 112 Å². The smallest absolute Gasteiger partial charge is 0.261 e. The number of rotatable bonds is 9. The first-order valence-corrected chi connectivity index (χ1v) is 10.8. The number of anilines is 2. The van der Waals surface area contributed by atoms with Crippen molar-refractivity contribution in [3.8, 4) is 11.5 Å². The van der Waals surface area contributed by atoms with Crippen molar-refractivity contribution in [1.82, 2.24) is 9.55 Å². The van der Waals surface area contributed by atoms with Crippen molar-refractivity contribution < 1.29 is 19.1 Å². The third-order valence-electron chi connectivity index (χ3n) is 5.49. The van der Waals surface area contributed by atoms with Gasteiger partial charge >= 0.3 is 0 Å². The molecule has 172 valence electrons. The van der Waals surface area contributed by atoms with Crippen LogP contribution in [0.3, 0.4) is 0 Å². The Morgan fingerprint density at radius 1 is 1.06 bits per heavy atom. The lowest BCUT2D eigenvalue weighted by Gasteiger charge is -2.11. The largest absolute Gasteiger partial charge is 0.493 e. The van der Waals surface area contributed by atoms with Gasteiger partial charge in [0.1, 0.15) is 0 Å². The second-order valence-electron chi connectivity index (χ2n) is 7.96. The van der Waals surface area contributed by atoms with Crippen LogP contribution in [-0.2, 0) is 16.1 Å². The van der Waals surface area contributed by atoms with Gasteiger partial charge in [0, 0.05) is 36.3 Å². The highest BCUT2D eigenvalue weighted by Crippen LogP contribution is 2.31. The number of methoxy groups -OCH3 is 2. The molecule has 1 fully saturated rings. The van der Waals surface area contributed by atoms with E-state index in [1.807, 2.05) is 0 Å². The van der Waals surface area contributed by atoms with E-state index in [4.69, 9.17) is 9.47 Å². The normalized spacial score (nSPS) is 12.9. The number of hydrogen-bond acceptors (Lipinski definition) is 6. The fourth-order valence-electron chi connectivity index (χ4n) is 3.54. The highest BCUT2D eigenvalue weighted by Gasteiger charge is 2.29. The molecule has 33 heavy (non-hydrogen) atoms. The molecule has 0 unspecified atom stereocenters. The number of nitrogens with one attached hydrogen (secondary N) is 2.